The summed E-state index contributed by atoms with van der Waals surface area (Å²) in [6.45, 7) is 2.94. The maximum atomic E-state index is 12.7. The number of hydrogen-bond donors (Lipinski definition) is 1. The van der Waals surface area contributed by atoms with Gasteiger partial charge >= 0.3 is 11.9 Å². The summed E-state index contributed by atoms with van der Waals surface area (Å²) < 4.78 is 11.5. The number of nitrogens with one attached hydrogen (secondary N) is 1. The SMILES string of the molecule is C[C@@H]1OC(=O)[C@@H]2[C@@H]1[NH+]1CCc3ccccc3[C@H]1C[C@@H]2OC(=O)c1ccccc1. The molecule has 5 rings (SSSR count). The van der Waals surface area contributed by atoms with Gasteiger partial charge in [-0.3, -0.25) is 4.79 Å². The van der Waals surface area contributed by atoms with Crippen molar-refractivity contribution in [2.24, 2.45) is 5.92 Å². The summed E-state index contributed by atoms with van der Waals surface area (Å²) in [6.07, 6.45) is 1.02. The molecule has 1 unspecified atom stereocenters. The van der Waals surface area contributed by atoms with Crippen molar-refractivity contribution in [1.82, 2.24) is 0 Å². The quantitative estimate of drug-likeness (QED) is 0.809. The summed E-state index contributed by atoms with van der Waals surface area (Å²) in [4.78, 5) is 26.8. The summed E-state index contributed by atoms with van der Waals surface area (Å²) in [6, 6.07) is 17.7. The van der Waals surface area contributed by atoms with Crippen LogP contribution in [0, 0.1) is 5.92 Å². The Kier molecular flexibility index (Phi) is 4.20. The molecule has 2 fully saturated rings. The molecule has 144 valence electrons. The molecule has 6 atom stereocenters. The number of quaternary nitrogens is 1. The molecule has 1 N–H and O–H groups in total. The third kappa shape index (κ3) is 2.73. The molecule has 0 amide bonds. The van der Waals surface area contributed by atoms with Crippen molar-refractivity contribution in [3.63, 3.8) is 0 Å². The maximum Gasteiger partial charge on any atom is 0.338 e. The number of piperidine rings is 1. The lowest BCUT2D eigenvalue weighted by atomic mass is 9.77. The first-order valence-electron chi connectivity index (χ1n) is 10.0. The molecule has 3 aliphatic heterocycles. The van der Waals surface area contributed by atoms with Gasteiger partial charge in [-0.2, -0.15) is 0 Å². The number of carbonyl (C=O) groups excluding carboxylic acids is 2. The molecule has 0 aromatic heterocycles. The van der Waals surface area contributed by atoms with Gasteiger partial charge in [-0.25, -0.2) is 4.79 Å². The molecule has 0 spiro atoms. The molecule has 0 bridgehead atoms. The normalized spacial score (nSPS) is 33.2. The van der Waals surface area contributed by atoms with Gasteiger partial charge in [-0.15, -0.1) is 0 Å². The van der Waals surface area contributed by atoms with Gasteiger partial charge in [-0.1, -0.05) is 42.5 Å². The third-order valence-electron chi connectivity index (χ3n) is 6.59. The van der Waals surface area contributed by atoms with Crippen LogP contribution in [0.4, 0.5) is 0 Å². The maximum absolute atomic E-state index is 12.7. The van der Waals surface area contributed by atoms with Crippen molar-refractivity contribution >= 4 is 11.9 Å². The van der Waals surface area contributed by atoms with Crippen LogP contribution in [0.5, 0.6) is 0 Å². The first-order valence-corrected chi connectivity index (χ1v) is 10.0. The predicted octanol–water partition coefficient (Wildman–Crippen LogP) is 1.73. The van der Waals surface area contributed by atoms with Crippen LogP contribution in [0.3, 0.4) is 0 Å². The second-order valence-electron chi connectivity index (χ2n) is 8.07. The Morgan fingerprint density at radius 1 is 1.11 bits per heavy atom. The number of fused-ring (bicyclic) bond motifs is 5. The number of benzene rings is 2. The molecule has 3 heterocycles. The molecule has 2 aromatic rings. The zero-order chi connectivity index (χ0) is 19.3. The van der Waals surface area contributed by atoms with E-state index >= 15 is 0 Å². The summed E-state index contributed by atoms with van der Waals surface area (Å²) >= 11 is 0. The van der Waals surface area contributed by atoms with Crippen LogP contribution in [0.1, 0.15) is 40.9 Å². The lowest BCUT2D eigenvalue weighted by molar-refractivity contribution is -0.968. The van der Waals surface area contributed by atoms with Crippen LogP contribution >= 0.6 is 0 Å². The molecule has 0 radical (unpaired) electrons. The van der Waals surface area contributed by atoms with Gasteiger partial charge in [0.15, 0.2) is 6.10 Å². The Bertz CT molecular complexity index is 912. The van der Waals surface area contributed by atoms with Crippen LogP contribution < -0.4 is 4.90 Å². The van der Waals surface area contributed by atoms with Crippen molar-refractivity contribution in [3.8, 4) is 0 Å². The molecule has 3 aliphatic rings. The molecule has 2 saturated heterocycles. The Balaban J connectivity index is 1.49. The van der Waals surface area contributed by atoms with Crippen molar-refractivity contribution < 1.29 is 24.0 Å². The highest BCUT2D eigenvalue weighted by Crippen LogP contribution is 2.37. The zero-order valence-electron chi connectivity index (χ0n) is 15.8. The second-order valence-corrected chi connectivity index (χ2v) is 8.07. The van der Waals surface area contributed by atoms with E-state index in [9.17, 15) is 9.59 Å². The Labute approximate surface area is 164 Å². The summed E-state index contributed by atoms with van der Waals surface area (Å²) in [5, 5.41) is 0. The second kappa shape index (κ2) is 6.74. The topological polar surface area (TPSA) is 57.0 Å². The first-order chi connectivity index (χ1) is 13.6. The van der Waals surface area contributed by atoms with Gasteiger partial charge in [0.2, 0.25) is 0 Å². The molecular formula is C23H24NO4+. The molecule has 28 heavy (non-hydrogen) atoms. The van der Waals surface area contributed by atoms with Gasteiger partial charge < -0.3 is 14.4 Å². The van der Waals surface area contributed by atoms with Gasteiger partial charge in [-0.05, 0) is 24.6 Å². The van der Waals surface area contributed by atoms with E-state index in [2.05, 4.69) is 24.3 Å². The Hall–Kier alpha value is -2.66. The fourth-order valence-electron chi connectivity index (χ4n) is 5.40. The van der Waals surface area contributed by atoms with E-state index in [1.165, 1.54) is 16.0 Å². The van der Waals surface area contributed by atoms with E-state index < -0.39 is 6.10 Å². The largest absolute Gasteiger partial charge is 0.457 e. The standard InChI is InChI=1S/C23H23NO4/c1-14-21-20(23(26)27-14)19(28-22(25)16-8-3-2-4-9-16)13-18-17-10-6-5-7-15(17)11-12-24(18)21/h2-10,14,18-21H,11-13H2,1H3/p+1/t14-,18+,19-,20-,21+/m0/s1. The van der Waals surface area contributed by atoms with Crippen LogP contribution in [0.25, 0.3) is 0 Å². The van der Waals surface area contributed by atoms with Crippen molar-refractivity contribution in [2.45, 2.75) is 44.1 Å². The van der Waals surface area contributed by atoms with Gasteiger partial charge in [0, 0.05) is 18.4 Å². The minimum atomic E-state index is -0.463. The fraction of sp³-hybridized carbons (Fsp3) is 0.391. The molecule has 0 aliphatic carbocycles. The van der Waals surface area contributed by atoms with Crippen LogP contribution in [-0.4, -0.2) is 36.7 Å². The number of carbonyl (C=O) groups is 2. The van der Waals surface area contributed by atoms with Crippen molar-refractivity contribution in [1.29, 1.82) is 0 Å². The van der Waals surface area contributed by atoms with E-state index in [-0.39, 0.29) is 36.0 Å². The van der Waals surface area contributed by atoms with E-state index in [0.717, 1.165) is 13.0 Å². The average Bonchev–Trinajstić information content (AvgIpc) is 3.03. The highest BCUT2D eigenvalue weighted by atomic mass is 16.6. The lowest BCUT2D eigenvalue weighted by Crippen LogP contribution is -3.20. The van der Waals surface area contributed by atoms with Crippen LogP contribution in [0.2, 0.25) is 0 Å². The summed E-state index contributed by atoms with van der Waals surface area (Å²) in [5.41, 5.74) is 3.19. The van der Waals surface area contributed by atoms with Crippen molar-refractivity contribution in [2.75, 3.05) is 6.54 Å². The van der Waals surface area contributed by atoms with Gasteiger partial charge in [0.1, 0.15) is 24.1 Å². The van der Waals surface area contributed by atoms with E-state index in [0.29, 0.717) is 12.0 Å². The minimum absolute atomic E-state index is 0.0215. The predicted molar refractivity (Wildman–Crippen MR) is 102 cm³/mol. The smallest absolute Gasteiger partial charge is 0.338 e. The highest BCUT2D eigenvalue weighted by molar-refractivity contribution is 5.89. The number of rotatable bonds is 2. The first kappa shape index (κ1) is 17.4. The fourth-order valence-corrected chi connectivity index (χ4v) is 5.40. The average molecular weight is 378 g/mol. The van der Waals surface area contributed by atoms with Crippen LogP contribution in [-0.2, 0) is 20.7 Å². The number of ether oxygens (including phenoxy) is 2. The Morgan fingerprint density at radius 3 is 2.68 bits per heavy atom. The third-order valence-corrected chi connectivity index (χ3v) is 6.59. The summed E-state index contributed by atoms with van der Waals surface area (Å²) in [7, 11) is 0. The van der Waals surface area contributed by atoms with E-state index in [1.807, 2.05) is 25.1 Å². The number of cyclic esters (lactones) is 1. The number of esters is 2. The highest BCUT2D eigenvalue weighted by Gasteiger charge is 2.60. The van der Waals surface area contributed by atoms with Crippen LogP contribution in [0.15, 0.2) is 54.6 Å². The molecule has 5 heteroatoms. The molecule has 2 aromatic carbocycles. The monoisotopic (exact) mass is 378 g/mol. The zero-order valence-corrected chi connectivity index (χ0v) is 15.8. The number of hydrogen-bond acceptors (Lipinski definition) is 4. The molecular weight excluding hydrogens is 354 g/mol. The van der Waals surface area contributed by atoms with E-state index in [4.69, 9.17) is 9.47 Å². The minimum Gasteiger partial charge on any atom is -0.457 e. The molecule has 5 nitrogen and oxygen atoms in total. The van der Waals surface area contributed by atoms with Gasteiger partial charge in [0.05, 0.1) is 12.1 Å². The van der Waals surface area contributed by atoms with Crippen molar-refractivity contribution in [3.05, 3.63) is 71.3 Å². The van der Waals surface area contributed by atoms with Gasteiger partial charge in [0.25, 0.3) is 0 Å². The lowest BCUT2D eigenvalue weighted by Gasteiger charge is -2.45. The van der Waals surface area contributed by atoms with E-state index in [1.54, 1.807) is 12.1 Å². The summed E-state index contributed by atoms with van der Waals surface area (Å²) in [5.74, 6) is -0.989. The Morgan fingerprint density at radius 2 is 1.86 bits per heavy atom. The molecule has 0 saturated carbocycles.